The van der Waals surface area contributed by atoms with Gasteiger partial charge in [-0.3, -0.25) is 10.1 Å². The Bertz CT molecular complexity index is 365. The minimum atomic E-state index is -1.07. The lowest BCUT2D eigenvalue weighted by Gasteiger charge is -2.06. The zero-order valence-corrected chi connectivity index (χ0v) is 7.91. The standard InChI is InChI=1S/C9H10FNO3/c1-6-3-4-8(14-5-10)9(7(6)2)11(12)13/h3-4H,5H2,1-2H3. The second-order valence-electron chi connectivity index (χ2n) is 2.86. The van der Waals surface area contributed by atoms with E-state index in [0.717, 1.165) is 5.56 Å². The van der Waals surface area contributed by atoms with Gasteiger partial charge in [0, 0.05) is 5.56 Å². The Kier molecular flexibility index (Phi) is 3.01. The molecule has 76 valence electrons. The monoisotopic (exact) mass is 199 g/mol. The predicted molar refractivity (Wildman–Crippen MR) is 49.2 cm³/mol. The first-order valence-electron chi connectivity index (χ1n) is 4.01. The predicted octanol–water partition coefficient (Wildman–Crippen LogP) is 2.52. The maximum Gasteiger partial charge on any atom is 0.314 e. The summed E-state index contributed by atoms with van der Waals surface area (Å²) in [6, 6.07) is 3.06. The quantitative estimate of drug-likeness (QED) is 0.555. The van der Waals surface area contributed by atoms with Gasteiger partial charge in [0.05, 0.1) is 4.92 Å². The van der Waals surface area contributed by atoms with Gasteiger partial charge in [0.2, 0.25) is 12.6 Å². The zero-order chi connectivity index (χ0) is 10.7. The highest BCUT2D eigenvalue weighted by Gasteiger charge is 2.19. The molecule has 0 atom stereocenters. The first-order valence-corrected chi connectivity index (χ1v) is 4.01. The smallest absolute Gasteiger partial charge is 0.314 e. The van der Waals surface area contributed by atoms with Gasteiger partial charge in [0.25, 0.3) is 0 Å². The van der Waals surface area contributed by atoms with Gasteiger partial charge >= 0.3 is 5.69 Å². The molecule has 0 N–H and O–H groups in total. The average molecular weight is 199 g/mol. The van der Waals surface area contributed by atoms with E-state index < -0.39 is 11.8 Å². The molecular formula is C9H10FNO3. The number of hydrogen-bond acceptors (Lipinski definition) is 3. The molecular weight excluding hydrogens is 189 g/mol. The molecule has 0 amide bonds. The number of rotatable bonds is 3. The van der Waals surface area contributed by atoms with Crippen LogP contribution in [0.2, 0.25) is 0 Å². The van der Waals surface area contributed by atoms with Crippen LogP contribution >= 0.6 is 0 Å². The molecule has 0 heterocycles. The van der Waals surface area contributed by atoms with Gasteiger partial charge in [-0.05, 0) is 25.5 Å². The summed E-state index contributed by atoms with van der Waals surface area (Å²) in [5, 5.41) is 10.7. The van der Waals surface area contributed by atoms with Crippen LogP contribution in [0.5, 0.6) is 5.75 Å². The van der Waals surface area contributed by atoms with E-state index in [4.69, 9.17) is 0 Å². The number of nitrogens with zero attached hydrogens (tertiary/aromatic N) is 1. The highest BCUT2D eigenvalue weighted by Crippen LogP contribution is 2.32. The summed E-state index contributed by atoms with van der Waals surface area (Å²) in [4.78, 5) is 10.1. The lowest BCUT2D eigenvalue weighted by Crippen LogP contribution is -2.00. The number of halogens is 1. The van der Waals surface area contributed by atoms with E-state index in [1.54, 1.807) is 19.9 Å². The van der Waals surface area contributed by atoms with E-state index in [-0.39, 0.29) is 11.4 Å². The van der Waals surface area contributed by atoms with Crippen LogP contribution in [0.4, 0.5) is 10.1 Å². The first-order chi connectivity index (χ1) is 6.57. The number of ether oxygens (including phenoxy) is 1. The van der Waals surface area contributed by atoms with Crippen LogP contribution in [0.15, 0.2) is 12.1 Å². The van der Waals surface area contributed by atoms with Gasteiger partial charge < -0.3 is 4.74 Å². The van der Waals surface area contributed by atoms with Gasteiger partial charge in [-0.25, -0.2) is 4.39 Å². The van der Waals surface area contributed by atoms with Crippen LogP contribution in [0.3, 0.4) is 0 Å². The summed E-state index contributed by atoms with van der Waals surface area (Å²) in [6.45, 7) is 2.30. The summed E-state index contributed by atoms with van der Waals surface area (Å²) in [5.41, 5.74) is 1.12. The lowest BCUT2D eigenvalue weighted by molar-refractivity contribution is -0.386. The number of hydrogen-bond donors (Lipinski definition) is 0. The molecule has 0 bridgehead atoms. The van der Waals surface area contributed by atoms with Crippen molar-refractivity contribution in [1.29, 1.82) is 0 Å². The van der Waals surface area contributed by atoms with Crippen molar-refractivity contribution in [3.05, 3.63) is 33.4 Å². The molecule has 0 aliphatic carbocycles. The van der Waals surface area contributed by atoms with Crippen LogP contribution in [0.25, 0.3) is 0 Å². The topological polar surface area (TPSA) is 52.4 Å². The summed E-state index contributed by atoms with van der Waals surface area (Å²) in [6.07, 6.45) is 0. The van der Waals surface area contributed by atoms with E-state index in [1.807, 2.05) is 0 Å². The fraction of sp³-hybridized carbons (Fsp3) is 0.333. The largest absolute Gasteiger partial charge is 0.456 e. The Morgan fingerprint density at radius 2 is 2.14 bits per heavy atom. The average Bonchev–Trinajstić information content (AvgIpc) is 2.11. The maximum atomic E-state index is 11.9. The van der Waals surface area contributed by atoms with Crippen molar-refractivity contribution in [3.8, 4) is 5.75 Å². The van der Waals surface area contributed by atoms with Crippen LogP contribution in [-0.2, 0) is 0 Å². The highest BCUT2D eigenvalue weighted by molar-refractivity contribution is 5.55. The molecule has 0 saturated heterocycles. The van der Waals surface area contributed by atoms with Crippen LogP contribution < -0.4 is 4.74 Å². The molecule has 0 saturated carbocycles. The molecule has 0 unspecified atom stereocenters. The number of nitro groups is 1. The van der Waals surface area contributed by atoms with Gasteiger partial charge in [0.15, 0.2) is 0 Å². The van der Waals surface area contributed by atoms with E-state index >= 15 is 0 Å². The molecule has 14 heavy (non-hydrogen) atoms. The first kappa shape index (κ1) is 10.4. The normalized spacial score (nSPS) is 9.93. The molecule has 1 aromatic rings. The minimum Gasteiger partial charge on any atom is -0.456 e. The fourth-order valence-corrected chi connectivity index (χ4v) is 1.18. The van der Waals surface area contributed by atoms with Crippen molar-refractivity contribution in [3.63, 3.8) is 0 Å². The Hall–Kier alpha value is -1.65. The molecule has 0 aliphatic rings. The SMILES string of the molecule is Cc1ccc(OCF)c([N+](=O)[O-])c1C. The van der Waals surface area contributed by atoms with Gasteiger partial charge in [-0.1, -0.05) is 6.07 Å². The van der Waals surface area contributed by atoms with Crippen LogP contribution in [-0.4, -0.2) is 11.8 Å². The molecule has 1 aromatic carbocycles. The van der Waals surface area contributed by atoms with Gasteiger partial charge in [0.1, 0.15) is 0 Å². The number of benzene rings is 1. The van der Waals surface area contributed by atoms with Gasteiger partial charge in [-0.15, -0.1) is 0 Å². The van der Waals surface area contributed by atoms with E-state index in [2.05, 4.69) is 4.74 Å². The van der Waals surface area contributed by atoms with Crippen molar-refractivity contribution in [2.24, 2.45) is 0 Å². The fourth-order valence-electron chi connectivity index (χ4n) is 1.18. The highest BCUT2D eigenvalue weighted by atomic mass is 19.1. The summed E-state index contributed by atoms with van der Waals surface area (Å²) in [5.74, 6) is -0.0272. The molecule has 0 fully saturated rings. The third-order valence-electron chi connectivity index (χ3n) is 2.06. The summed E-state index contributed by atoms with van der Waals surface area (Å²) in [7, 11) is 0. The van der Waals surface area contributed by atoms with E-state index in [1.165, 1.54) is 6.07 Å². The second kappa shape index (κ2) is 4.04. The maximum absolute atomic E-state index is 11.9. The molecule has 0 spiro atoms. The van der Waals surface area contributed by atoms with Crippen molar-refractivity contribution >= 4 is 5.69 Å². The summed E-state index contributed by atoms with van der Waals surface area (Å²) < 4.78 is 16.4. The van der Waals surface area contributed by atoms with Crippen molar-refractivity contribution in [1.82, 2.24) is 0 Å². The van der Waals surface area contributed by atoms with E-state index in [9.17, 15) is 14.5 Å². The molecule has 0 aromatic heterocycles. The Balaban J connectivity index is 3.30. The van der Waals surface area contributed by atoms with Crippen molar-refractivity contribution in [2.45, 2.75) is 13.8 Å². The number of alkyl halides is 1. The van der Waals surface area contributed by atoms with Crippen molar-refractivity contribution < 1.29 is 14.1 Å². The molecule has 1 rings (SSSR count). The molecule has 0 radical (unpaired) electrons. The Labute approximate surface area is 80.5 Å². The minimum absolute atomic E-state index is 0.0272. The van der Waals surface area contributed by atoms with Gasteiger partial charge in [-0.2, -0.15) is 0 Å². The zero-order valence-electron chi connectivity index (χ0n) is 7.91. The van der Waals surface area contributed by atoms with Crippen LogP contribution in [0.1, 0.15) is 11.1 Å². The van der Waals surface area contributed by atoms with Crippen LogP contribution in [0, 0.1) is 24.0 Å². The Morgan fingerprint density at radius 1 is 1.50 bits per heavy atom. The summed E-state index contributed by atoms with van der Waals surface area (Å²) >= 11 is 0. The molecule has 0 aliphatic heterocycles. The molecule has 5 heteroatoms. The third-order valence-corrected chi connectivity index (χ3v) is 2.06. The number of nitro benzene ring substituents is 1. The second-order valence-corrected chi connectivity index (χ2v) is 2.86. The lowest BCUT2D eigenvalue weighted by atomic mass is 10.1. The Morgan fingerprint density at radius 3 is 2.64 bits per heavy atom. The number of aryl methyl sites for hydroxylation is 1. The van der Waals surface area contributed by atoms with Crippen molar-refractivity contribution in [2.75, 3.05) is 6.86 Å². The third kappa shape index (κ3) is 1.81. The van der Waals surface area contributed by atoms with E-state index in [0.29, 0.717) is 5.56 Å². The molecule has 4 nitrogen and oxygen atoms in total.